The van der Waals surface area contributed by atoms with E-state index in [0.29, 0.717) is 18.1 Å². The van der Waals surface area contributed by atoms with E-state index in [9.17, 15) is 5.11 Å². The Morgan fingerprint density at radius 2 is 2.11 bits per heavy atom. The maximum atomic E-state index is 9.54. The van der Waals surface area contributed by atoms with Gasteiger partial charge >= 0.3 is 0 Å². The Morgan fingerprint density at radius 1 is 1.26 bits per heavy atom. The van der Waals surface area contributed by atoms with Crippen molar-refractivity contribution >= 4 is 11.3 Å². The molecule has 0 spiro atoms. The summed E-state index contributed by atoms with van der Waals surface area (Å²) in [6, 6.07) is 9.65. The molecular formula is C15H18O3S. The Morgan fingerprint density at radius 3 is 2.74 bits per heavy atom. The second-order valence-corrected chi connectivity index (χ2v) is 5.30. The number of benzene rings is 1. The number of methoxy groups -OCH3 is 1. The van der Waals surface area contributed by atoms with E-state index in [2.05, 4.69) is 11.4 Å². The van der Waals surface area contributed by atoms with E-state index in [0.717, 1.165) is 12.0 Å². The molecule has 1 N–H and O–H groups in total. The zero-order valence-corrected chi connectivity index (χ0v) is 11.9. The molecule has 0 saturated heterocycles. The van der Waals surface area contributed by atoms with Gasteiger partial charge in [-0.25, -0.2) is 0 Å². The number of ether oxygens (including phenoxy) is 2. The van der Waals surface area contributed by atoms with E-state index < -0.39 is 6.10 Å². The second-order valence-electron chi connectivity index (χ2n) is 4.26. The van der Waals surface area contributed by atoms with Crippen molar-refractivity contribution in [3.05, 3.63) is 46.2 Å². The molecule has 1 aromatic carbocycles. The van der Waals surface area contributed by atoms with Crippen LogP contribution >= 0.6 is 11.3 Å². The standard InChI is InChI=1S/C15H18O3S/c1-11(16)12-5-6-14(15(10-12)17-2)18-8-7-13-4-3-9-19-13/h3-6,9-11,16H,7-8H2,1-2H3/t11-/m0/s1. The topological polar surface area (TPSA) is 38.7 Å². The van der Waals surface area contributed by atoms with Crippen LogP contribution in [0.1, 0.15) is 23.5 Å². The van der Waals surface area contributed by atoms with Gasteiger partial charge in [-0.3, -0.25) is 0 Å². The molecule has 3 nitrogen and oxygen atoms in total. The van der Waals surface area contributed by atoms with E-state index in [1.54, 1.807) is 25.4 Å². The average molecular weight is 278 g/mol. The zero-order valence-electron chi connectivity index (χ0n) is 11.1. The summed E-state index contributed by atoms with van der Waals surface area (Å²) in [5.74, 6) is 1.37. The van der Waals surface area contributed by atoms with Crippen LogP contribution in [0.25, 0.3) is 0 Å². The minimum atomic E-state index is -0.505. The van der Waals surface area contributed by atoms with Gasteiger partial charge in [-0.2, -0.15) is 0 Å². The van der Waals surface area contributed by atoms with Gasteiger partial charge in [-0.15, -0.1) is 11.3 Å². The van der Waals surface area contributed by atoms with E-state index in [1.807, 2.05) is 24.3 Å². The van der Waals surface area contributed by atoms with E-state index >= 15 is 0 Å². The van der Waals surface area contributed by atoms with Crippen LogP contribution < -0.4 is 9.47 Å². The minimum Gasteiger partial charge on any atom is -0.493 e. The Bertz CT molecular complexity index is 506. The summed E-state index contributed by atoms with van der Waals surface area (Å²) in [4.78, 5) is 1.31. The zero-order chi connectivity index (χ0) is 13.7. The molecule has 0 saturated carbocycles. The van der Waals surface area contributed by atoms with Gasteiger partial charge in [0.25, 0.3) is 0 Å². The van der Waals surface area contributed by atoms with Gasteiger partial charge < -0.3 is 14.6 Å². The van der Waals surface area contributed by atoms with Crippen LogP contribution in [0.2, 0.25) is 0 Å². The fraction of sp³-hybridized carbons (Fsp3) is 0.333. The Kier molecular flexibility index (Phi) is 4.82. The van der Waals surface area contributed by atoms with Crippen LogP contribution in [-0.2, 0) is 6.42 Å². The molecule has 0 aliphatic heterocycles. The van der Waals surface area contributed by atoms with Crippen LogP contribution in [0.5, 0.6) is 11.5 Å². The molecule has 2 aromatic rings. The van der Waals surface area contributed by atoms with Crippen molar-refractivity contribution < 1.29 is 14.6 Å². The van der Waals surface area contributed by atoms with Crippen LogP contribution in [0.4, 0.5) is 0 Å². The Labute approximate surface area is 117 Å². The summed E-state index contributed by atoms with van der Waals surface area (Å²) in [6.07, 6.45) is 0.382. The number of hydrogen-bond donors (Lipinski definition) is 1. The highest BCUT2D eigenvalue weighted by Crippen LogP contribution is 2.30. The molecule has 2 rings (SSSR count). The molecule has 0 unspecified atom stereocenters. The van der Waals surface area contributed by atoms with Crippen LogP contribution in [0.3, 0.4) is 0 Å². The molecule has 0 aliphatic rings. The van der Waals surface area contributed by atoms with Gasteiger partial charge in [0.15, 0.2) is 11.5 Å². The van der Waals surface area contributed by atoms with Crippen molar-refractivity contribution in [2.24, 2.45) is 0 Å². The molecule has 4 heteroatoms. The highest BCUT2D eigenvalue weighted by atomic mass is 32.1. The fourth-order valence-corrected chi connectivity index (χ4v) is 2.47. The van der Waals surface area contributed by atoms with Crippen molar-refractivity contribution in [1.82, 2.24) is 0 Å². The summed E-state index contributed by atoms with van der Waals surface area (Å²) in [6.45, 7) is 2.34. The third-order valence-corrected chi connectivity index (χ3v) is 3.79. The maximum Gasteiger partial charge on any atom is 0.161 e. The highest BCUT2D eigenvalue weighted by Gasteiger charge is 2.08. The normalized spacial score (nSPS) is 12.2. The smallest absolute Gasteiger partial charge is 0.161 e. The molecule has 19 heavy (non-hydrogen) atoms. The largest absolute Gasteiger partial charge is 0.493 e. The Hall–Kier alpha value is -1.52. The summed E-state index contributed by atoms with van der Waals surface area (Å²) in [5, 5.41) is 11.6. The molecule has 1 atom stereocenters. The number of aliphatic hydroxyl groups excluding tert-OH is 1. The fourth-order valence-electron chi connectivity index (χ4n) is 1.78. The minimum absolute atomic E-state index is 0.505. The first-order valence-electron chi connectivity index (χ1n) is 6.22. The maximum absolute atomic E-state index is 9.54. The predicted molar refractivity (Wildman–Crippen MR) is 77.1 cm³/mol. The molecule has 102 valence electrons. The molecule has 0 aliphatic carbocycles. The number of thiophene rings is 1. The first kappa shape index (κ1) is 13.9. The molecule has 1 heterocycles. The Balaban J connectivity index is 1.99. The molecule has 0 bridgehead atoms. The summed E-state index contributed by atoms with van der Waals surface area (Å²) >= 11 is 1.73. The molecule has 0 fully saturated rings. The van der Waals surface area contributed by atoms with Gasteiger partial charge in [0, 0.05) is 11.3 Å². The summed E-state index contributed by atoms with van der Waals surface area (Å²) in [7, 11) is 1.60. The van der Waals surface area contributed by atoms with E-state index in [1.165, 1.54) is 4.88 Å². The second kappa shape index (κ2) is 6.59. The van der Waals surface area contributed by atoms with Gasteiger partial charge in [0.05, 0.1) is 19.8 Å². The third-order valence-electron chi connectivity index (χ3n) is 2.86. The van der Waals surface area contributed by atoms with Crippen molar-refractivity contribution in [2.75, 3.05) is 13.7 Å². The molecule has 0 amide bonds. The third kappa shape index (κ3) is 3.72. The molecular weight excluding hydrogens is 260 g/mol. The first-order valence-corrected chi connectivity index (χ1v) is 7.10. The average Bonchev–Trinajstić information content (AvgIpc) is 2.92. The summed E-state index contributed by atoms with van der Waals surface area (Å²) < 4.78 is 11.0. The van der Waals surface area contributed by atoms with E-state index in [-0.39, 0.29) is 0 Å². The molecule has 1 aromatic heterocycles. The number of hydrogen-bond acceptors (Lipinski definition) is 4. The lowest BCUT2D eigenvalue weighted by molar-refractivity contribution is 0.198. The number of aliphatic hydroxyl groups is 1. The van der Waals surface area contributed by atoms with Crippen molar-refractivity contribution in [3.8, 4) is 11.5 Å². The van der Waals surface area contributed by atoms with Crippen molar-refractivity contribution in [2.45, 2.75) is 19.4 Å². The highest BCUT2D eigenvalue weighted by molar-refractivity contribution is 7.09. The first-order chi connectivity index (χ1) is 9.20. The van der Waals surface area contributed by atoms with Gasteiger partial charge in [0.1, 0.15) is 0 Å². The monoisotopic (exact) mass is 278 g/mol. The predicted octanol–water partition coefficient (Wildman–Crippen LogP) is 3.43. The lowest BCUT2D eigenvalue weighted by Crippen LogP contribution is -2.02. The lowest BCUT2D eigenvalue weighted by atomic mass is 10.1. The van der Waals surface area contributed by atoms with Gasteiger partial charge in [0.2, 0.25) is 0 Å². The molecule has 0 radical (unpaired) electrons. The van der Waals surface area contributed by atoms with E-state index in [4.69, 9.17) is 9.47 Å². The van der Waals surface area contributed by atoms with Crippen LogP contribution in [-0.4, -0.2) is 18.8 Å². The van der Waals surface area contributed by atoms with Crippen molar-refractivity contribution in [3.63, 3.8) is 0 Å². The van der Waals surface area contributed by atoms with Gasteiger partial charge in [-0.1, -0.05) is 12.1 Å². The van der Waals surface area contributed by atoms with Gasteiger partial charge in [-0.05, 0) is 36.1 Å². The van der Waals surface area contributed by atoms with Crippen LogP contribution in [0, 0.1) is 0 Å². The SMILES string of the molecule is COc1cc([C@H](C)O)ccc1OCCc1cccs1. The number of rotatable bonds is 6. The van der Waals surface area contributed by atoms with Crippen LogP contribution in [0.15, 0.2) is 35.7 Å². The quantitative estimate of drug-likeness (QED) is 0.879. The lowest BCUT2D eigenvalue weighted by Gasteiger charge is -2.13. The van der Waals surface area contributed by atoms with Crippen molar-refractivity contribution in [1.29, 1.82) is 0 Å². The summed E-state index contributed by atoms with van der Waals surface area (Å²) in [5.41, 5.74) is 0.822.